The molecule has 0 saturated heterocycles. The van der Waals surface area contributed by atoms with Crippen LogP contribution >= 0.6 is 0 Å². The van der Waals surface area contributed by atoms with Crippen molar-refractivity contribution < 1.29 is 42.5 Å². The Kier molecular flexibility index (Phi) is 33.9. The minimum atomic E-state index is -3.58. The maximum atomic E-state index is 11.7. The molecular formula is C45H83N9O10Si9. The van der Waals surface area contributed by atoms with Crippen molar-refractivity contribution in [1.29, 1.82) is 47.4 Å². The molecule has 0 aliphatic rings. The van der Waals surface area contributed by atoms with Crippen molar-refractivity contribution in [2.75, 3.05) is 0 Å². The van der Waals surface area contributed by atoms with Crippen molar-refractivity contribution in [3.63, 3.8) is 0 Å². The minimum Gasteiger partial charge on any atom is -0.416 e. The van der Waals surface area contributed by atoms with Gasteiger partial charge in [0, 0.05) is 57.8 Å². The first kappa shape index (κ1) is 70.0. The van der Waals surface area contributed by atoms with E-state index in [1.807, 2.05) is 45.8 Å². The lowest BCUT2D eigenvalue weighted by atomic mass is 10.4. The molecule has 404 valence electrons. The molecule has 0 aromatic carbocycles. The van der Waals surface area contributed by atoms with Crippen LogP contribution in [0.3, 0.4) is 0 Å². The maximum absolute atomic E-state index is 11.7. The minimum absolute atomic E-state index is 0.203. The molecule has 0 heterocycles. The second-order valence-corrected chi connectivity index (χ2v) is 51.8. The smallest absolute Gasteiger partial charge is 0.323 e. The Bertz CT molecular complexity index is 1940. The highest BCUT2D eigenvalue weighted by Crippen LogP contribution is 2.39. The van der Waals surface area contributed by atoms with E-state index in [-0.39, 0.29) is 57.8 Å². The van der Waals surface area contributed by atoms with E-state index in [1.54, 1.807) is 13.1 Å². The van der Waals surface area contributed by atoms with Gasteiger partial charge >= 0.3 is 77.0 Å². The Balaban J connectivity index is 7.95. The van der Waals surface area contributed by atoms with Gasteiger partial charge in [-0.15, -0.1) is 0 Å². The summed E-state index contributed by atoms with van der Waals surface area (Å²) in [5, 5.41) is 86.1. The fraction of sp³-hybridized carbons (Fsp3) is 0.800. The van der Waals surface area contributed by atoms with Crippen LogP contribution < -0.4 is 0 Å². The summed E-state index contributed by atoms with van der Waals surface area (Å²) in [7, 11) is -31.3. The molecule has 0 fully saturated rings. The first-order valence-corrected chi connectivity index (χ1v) is 48.4. The number of nitrogens with zero attached hydrogens (tertiary/aromatic N) is 9. The first-order chi connectivity index (χ1) is 34.2. The molecule has 0 spiro atoms. The maximum Gasteiger partial charge on any atom is 0.323 e. The fourth-order valence-electron chi connectivity index (χ4n) is 9.04. The van der Waals surface area contributed by atoms with Crippen LogP contribution in [-0.4, -0.2) is 86.6 Å². The topological polar surface area (TPSA) is 328 Å². The van der Waals surface area contributed by atoms with Crippen molar-refractivity contribution in [2.45, 2.75) is 229 Å². The van der Waals surface area contributed by atoms with Crippen LogP contribution in [-0.2, 0) is 32.9 Å². The second-order valence-electron chi connectivity index (χ2n) is 20.2. The van der Waals surface area contributed by atoms with E-state index in [1.165, 1.54) is 0 Å². The van der Waals surface area contributed by atoms with Crippen LogP contribution in [0.4, 0.5) is 0 Å². The van der Waals surface area contributed by atoms with E-state index in [0.717, 1.165) is 0 Å². The average molecular weight is 1160 g/mol. The van der Waals surface area contributed by atoms with Crippen molar-refractivity contribution >= 4 is 77.0 Å². The van der Waals surface area contributed by atoms with E-state index < -0.39 is 77.0 Å². The van der Waals surface area contributed by atoms with Gasteiger partial charge in [-0.1, -0.05) is 0 Å². The van der Waals surface area contributed by atoms with Crippen LogP contribution in [0.2, 0.25) is 113 Å². The van der Waals surface area contributed by atoms with Crippen molar-refractivity contribution in [3.8, 4) is 54.6 Å². The van der Waals surface area contributed by atoms with Crippen LogP contribution in [0.5, 0.6) is 0 Å². The highest BCUT2D eigenvalue weighted by atomic mass is 28.5. The van der Waals surface area contributed by atoms with E-state index in [9.17, 15) is 56.9 Å². The summed E-state index contributed by atoms with van der Waals surface area (Å²) in [6.07, 6.45) is 5.93. The number of hydrogen-bond donors (Lipinski definition) is 2. The molecule has 0 aromatic heterocycles. The average Bonchev–Trinajstić information content (AvgIpc) is 3.26. The van der Waals surface area contributed by atoms with E-state index >= 15 is 0 Å². The van der Waals surface area contributed by atoms with Gasteiger partial charge in [-0.3, -0.25) is 0 Å². The Morgan fingerprint density at radius 1 is 0.233 bits per heavy atom. The summed E-state index contributed by atoms with van der Waals surface area (Å²) in [6.45, 7) is 16.7. The monoisotopic (exact) mass is 1160 g/mol. The molecule has 73 heavy (non-hydrogen) atoms. The number of unbranched alkanes of at least 4 members (excludes halogenated alkanes) is 9. The lowest BCUT2D eigenvalue weighted by Gasteiger charge is -2.48. The van der Waals surface area contributed by atoms with Crippen molar-refractivity contribution in [1.82, 2.24) is 0 Å². The molecule has 2 N–H and O–H groups in total. The van der Waals surface area contributed by atoms with Crippen LogP contribution in [0.15, 0.2) is 0 Å². The molecule has 0 bridgehead atoms. The van der Waals surface area contributed by atoms with Crippen LogP contribution in [0.25, 0.3) is 0 Å². The van der Waals surface area contributed by atoms with Crippen molar-refractivity contribution in [2.24, 2.45) is 0 Å². The van der Waals surface area contributed by atoms with Gasteiger partial charge in [-0.05, 0) is 171 Å². The van der Waals surface area contributed by atoms with Gasteiger partial charge in [0.05, 0.1) is 54.6 Å². The van der Waals surface area contributed by atoms with E-state index in [4.69, 9.17) is 32.9 Å². The molecule has 28 heteroatoms. The number of nitriles is 9. The summed E-state index contributed by atoms with van der Waals surface area (Å²) in [5.41, 5.74) is 0. The third-order valence-corrected chi connectivity index (χ3v) is 50.9. The summed E-state index contributed by atoms with van der Waals surface area (Å²) in [4.78, 5) is 23.3. The third kappa shape index (κ3) is 31.6. The number of hydrogen-bond acceptors (Lipinski definition) is 19. The highest BCUT2D eigenvalue weighted by molar-refractivity contribution is 6.93. The Labute approximate surface area is 447 Å². The van der Waals surface area contributed by atoms with Gasteiger partial charge in [-0.25, -0.2) is 0 Å². The zero-order valence-corrected chi connectivity index (χ0v) is 54.3. The predicted molar refractivity (Wildman–Crippen MR) is 295 cm³/mol. The predicted octanol–water partition coefficient (Wildman–Crippen LogP) is 11.5. The van der Waals surface area contributed by atoms with Gasteiger partial charge in [0.25, 0.3) is 0 Å². The molecular weight excluding hydrogens is 1080 g/mol. The largest absolute Gasteiger partial charge is 0.416 e. The quantitative estimate of drug-likeness (QED) is 0.0423. The second kappa shape index (κ2) is 35.3. The lowest BCUT2D eigenvalue weighted by molar-refractivity contribution is 0.236. The Morgan fingerprint density at radius 3 is 0.493 bits per heavy atom. The molecule has 0 rings (SSSR count). The molecule has 8 unspecified atom stereocenters. The SMILES string of the molecule is C[Si](O)(CCCC#N)O[Si](C)(CCCC#N)O[Si](C)(CCCC#N)O[Si](C)(CCCC#N)O[Si](C)(CCCC#N)O[Si](C)(CCCC#N)O[Si](C)(CCCC#N)O[Si](C)(CCCC#N)O[Si](C)(O)CCCC#N. The normalized spacial score (nSPS) is 18.7. The van der Waals surface area contributed by atoms with Crippen LogP contribution in [0.1, 0.15) is 116 Å². The van der Waals surface area contributed by atoms with Gasteiger partial charge in [0.1, 0.15) is 0 Å². The number of rotatable bonds is 43. The van der Waals surface area contributed by atoms with Crippen LogP contribution in [0, 0.1) is 102 Å². The van der Waals surface area contributed by atoms with Gasteiger partial charge in [-0.2, -0.15) is 47.4 Å². The lowest BCUT2D eigenvalue weighted by Crippen LogP contribution is -2.65. The molecule has 0 aliphatic carbocycles. The summed E-state index contributed by atoms with van der Waals surface area (Å²) >= 11 is 0. The zero-order chi connectivity index (χ0) is 55.6. The van der Waals surface area contributed by atoms with Crippen molar-refractivity contribution in [3.05, 3.63) is 0 Å². The zero-order valence-electron chi connectivity index (χ0n) is 45.3. The molecule has 0 radical (unpaired) electrons. The molecule has 8 atom stereocenters. The van der Waals surface area contributed by atoms with Gasteiger partial charge < -0.3 is 42.5 Å². The summed E-state index contributed by atoms with van der Waals surface area (Å²) in [5.74, 6) is 0. The molecule has 0 aliphatic heterocycles. The summed E-state index contributed by atoms with van der Waals surface area (Å²) in [6, 6.07) is 22.9. The standard InChI is InChI=1S/C45H83N9O10Si9/c1-65(55,37-19-10-28-46)57-67(3,39-21-12-30-48)59-69(5,41-23-14-32-50)61-71(7,43-25-16-34-52)63-73(9,45-27-18-36-54)64-72(8,44-26-17-35-53)62-70(6,42-24-15-33-51)60-68(4,40-22-13-31-49)58-66(2,56)38-20-11-29-47/h55-56H,10-27,37-45H2,1-9H3. The molecule has 0 aromatic rings. The fourth-order valence-corrected chi connectivity index (χ4v) is 56.1. The van der Waals surface area contributed by atoms with Gasteiger partial charge in [0.15, 0.2) is 0 Å². The Hall–Kier alpha value is -3.04. The molecule has 0 amide bonds. The van der Waals surface area contributed by atoms with E-state index in [2.05, 4.69) is 54.6 Å². The highest BCUT2D eigenvalue weighted by Gasteiger charge is 2.56. The van der Waals surface area contributed by atoms with Gasteiger partial charge in [0.2, 0.25) is 0 Å². The molecule has 19 nitrogen and oxygen atoms in total. The van der Waals surface area contributed by atoms with E-state index in [0.29, 0.717) is 112 Å². The summed E-state index contributed by atoms with van der Waals surface area (Å²) < 4.78 is 57.5. The Morgan fingerprint density at radius 2 is 0.356 bits per heavy atom. The third-order valence-electron chi connectivity index (χ3n) is 11.8. The molecule has 0 saturated carbocycles. The first-order valence-electron chi connectivity index (χ1n) is 25.6.